The Kier molecular flexibility index (Phi) is 8.22. The smallest absolute Gasteiger partial charge is 0.0618 e. The summed E-state index contributed by atoms with van der Waals surface area (Å²) in [6, 6.07) is 76.0. The lowest BCUT2D eigenvalue weighted by Gasteiger charge is -2.43. The second kappa shape index (κ2) is 13.7. The fraction of sp³-hybridized carbons (Fsp3) is 0.103. The van der Waals surface area contributed by atoms with Crippen molar-refractivity contribution in [1.29, 1.82) is 0 Å². The van der Waals surface area contributed by atoms with E-state index in [1.54, 1.807) is 0 Å². The van der Waals surface area contributed by atoms with E-state index in [9.17, 15) is 0 Å². The van der Waals surface area contributed by atoms with Gasteiger partial charge in [-0.25, -0.2) is 0 Å². The van der Waals surface area contributed by atoms with Crippen molar-refractivity contribution in [1.82, 2.24) is 0 Å². The fourth-order valence-electron chi connectivity index (χ4n) is 10.1. The maximum atomic E-state index is 2.53. The van der Waals surface area contributed by atoms with Crippen LogP contribution in [-0.4, -0.2) is 0 Å². The molecule has 1 heterocycles. The summed E-state index contributed by atoms with van der Waals surface area (Å²) in [5, 5.41) is 2.46. The highest BCUT2D eigenvalue weighted by Gasteiger charge is 2.39. The van der Waals surface area contributed by atoms with Gasteiger partial charge in [0.2, 0.25) is 0 Å². The molecule has 11 rings (SSSR count). The third kappa shape index (κ3) is 5.55. The van der Waals surface area contributed by atoms with Crippen molar-refractivity contribution in [2.75, 3.05) is 9.80 Å². The second-order valence-corrected chi connectivity index (χ2v) is 17.4. The summed E-state index contributed by atoms with van der Waals surface area (Å²) in [7, 11) is 0. The zero-order chi connectivity index (χ0) is 40.6. The summed E-state index contributed by atoms with van der Waals surface area (Å²) in [5.74, 6) is 0. The number of rotatable bonds is 6. The summed E-state index contributed by atoms with van der Waals surface area (Å²) in [4.78, 5) is 4.92. The number of hydrogen-bond donors (Lipinski definition) is 0. The van der Waals surface area contributed by atoms with E-state index in [2.05, 4.69) is 244 Å². The minimum atomic E-state index is -0.235. The van der Waals surface area contributed by atoms with Crippen LogP contribution in [0, 0.1) is 0 Å². The molecule has 0 aromatic heterocycles. The molecular weight excluding hydrogens is 725 g/mol. The lowest BCUT2D eigenvalue weighted by atomic mass is 9.72. The minimum Gasteiger partial charge on any atom is -0.310 e. The van der Waals surface area contributed by atoms with E-state index in [4.69, 9.17) is 0 Å². The summed E-state index contributed by atoms with van der Waals surface area (Å²) in [5.41, 5.74) is 19.6. The molecule has 1 aliphatic heterocycles. The van der Waals surface area contributed by atoms with Crippen LogP contribution in [0.15, 0.2) is 206 Å². The Bertz CT molecular complexity index is 3090. The molecule has 0 fully saturated rings. The van der Waals surface area contributed by atoms with Gasteiger partial charge in [-0.2, -0.15) is 0 Å². The minimum absolute atomic E-state index is 0.0821. The van der Waals surface area contributed by atoms with Crippen molar-refractivity contribution in [3.63, 3.8) is 0 Å². The van der Waals surface area contributed by atoms with Crippen LogP contribution >= 0.6 is 0 Å². The van der Waals surface area contributed by atoms with E-state index in [-0.39, 0.29) is 10.8 Å². The zero-order valence-electron chi connectivity index (χ0n) is 34.5. The van der Waals surface area contributed by atoms with E-state index in [0.29, 0.717) is 0 Å². The second-order valence-electron chi connectivity index (χ2n) is 17.4. The Hall–Kier alpha value is -7.16. The van der Waals surface area contributed by atoms with Crippen molar-refractivity contribution in [3.05, 3.63) is 229 Å². The van der Waals surface area contributed by atoms with E-state index >= 15 is 0 Å². The predicted molar refractivity (Wildman–Crippen MR) is 254 cm³/mol. The highest BCUT2D eigenvalue weighted by molar-refractivity contribution is 6.07. The molecule has 0 N–H and O–H groups in total. The molecule has 60 heavy (non-hydrogen) atoms. The molecule has 0 bridgehead atoms. The Morgan fingerprint density at radius 1 is 0.350 bits per heavy atom. The average Bonchev–Trinajstić information content (AvgIpc) is 3.52. The monoisotopic (exact) mass is 770 g/mol. The van der Waals surface area contributed by atoms with E-state index in [1.807, 2.05) is 0 Å². The van der Waals surface area contributed by atoms with Crippen LogP contribution in [0.4, 0.5) is 34.1 Å². The molecule has 2 aliphatic rings. The van der Waals surface area contributed by atoms with Crippen LogP contribution < -0.4 is 9.80 Å². The first kappa shape index (κ1) is 36.0. The first-order valence-corrected chi connectivity index (χ1v) is 21.1. The molecule has 0 atom stereocenters. The summed E-state index contributed by atoms with van der Waals surface area (Å²) < 4.78 is 0. The molecule has 0 saturated carbocycles. The molecule has 9 aromatic carbocycles. The van der Waals surface area contributed by atoms with Crippen LogP contribution in [-0.2, 0) is 10.8 Å². The van der Waals surface area contributed by atoms with Gasteiger partial charge in [-0.15, -0.1) is 0 Å². The number of benzene rings is 9. The van der Waals surface area contributed by atoms with Crippen LogP contribution in [0.2, 0.25) is 0 Å². The fourth-order valence-corrected chi connectivity index (χ4v) is 10.1. The van der Waals surface area contributed by atoms with Gasteiger partial charge in [0, 0.05) is 38.8 Å². The topological polar surface area (TPSA) is 6.48 Å². The van der Waals surface area contributed by atoms with Crippen LogP contribution in [0.3, 0.4) is 0 Å². The van der Waals surface area contributed by atoms with Crippen LogP contribution in [0.1, 0.15) is 49.9 Å². The van der Waals surface area contributed by atoms with Crippen LogP contribution in [0.5, 0.6) is 0 Å². The standard InChI is InChI=1S/C58H46N2/c1-57(2)50-24-14-13-23-48(50)49-35-33-45(38-52(49)57)59(43-20-9-6-10-21-43)44-31-27-39(28-32-44)42-30-36-55-53(37-42)58(3,4)51-25-15-16-26-54(51)60(55)56-46-22-12-11-19-41(46)29-34-47(56)40-17-7-5-8-18-40/h5-38H,1-4H3. The Morgan fingerprint density at radius 3 is 1.72 bits per heavy atom. The molecule has 0 radical (unpaired) electrons. The zero-order valence-corrected chi connectivity index (χ0v) is 34.5. The van der Waals surface area contributed by atoms with Crippen LogP contribution in [0.25, 0.3) is 44.2 Å². The SMILES string of the molecule is CC1(C)c2ccccc2-c2ccc(N(c3ccccc3)c3ccc(-c4ccc5c(c4)C(C)(C)c4ccccc4N5c4c(-c5ccccc5)ccc5ccccc45)cc3)cc21. The molecule has 0 amide bonds. The number of hydrogen-bond acceptors (Lipinski definition) is 2. The third-order valence-corrected chi connectivity index (χ3v) is 13.2. The number of anilines is 6. The molecule has 0 spiro atoms. The van der Waals surface area contributed by atoms with Gasteiger partial charge in [-0.1, -0.05) is 179 Å². The van der Waals surface area contributed by atoms with Gasteiger partial charge < -0.3 is 9.80 Å². The summed E-state index contributed by atoms with van der Waals surface area (Å²) >= 11 is 0. The summed E-state index contributed by atoms with van der Waals surface area (Å²) in [6.07, 6.45) is 0. The molecule has 288 valence electrons. The van der Waals surface area contributed by atoms with E-state index in [0.717, 1.165) is 17.1 Å². The average molecular weight is 771 g/mol. The van der Waals surface area contributed by atoms with Gasteiger partial charge >= 0.3 is 0 Å². The van der Waals surface area contributed by atoms with E-state index < -0.39 is 0 Å². The first-order valence-electron chi connectivity index (χ1n) is 21.1. The van der Waals surface area contributed by atoms with Gasteiger partial charge in [-0.3, -0.25) is 0 Å². The quantitative estimate of drug-likeness (QED) is 0.166. The van der Waals surface area contributed by atoms with Crippen molar-refractivity contribution in [2.24, 2.45) is 0 Å². The summed E-state index contributed by atoms with van der Waals surface area (Å²) in [6.45, 7) is 9.46. The van der Waals surface area contributed by atoms with Crippen molar-refractivity contribution < 1.29 is 0 Å². The number of fused-ring (bicyclic) bond motifs is 6. The Balaban J connectivity index is 1.03. The van der Waals surface area contributed by atoms with Crippen molar-refractivity contribution in [2.45, 2.75) is 38.5 Å². The van der Waals surface area contributed by atoms with Gasteiger partial charge in [0.25, 0.3) is 0 Å². The molecule has 2 nitrogen and oxygen atoms in total. The molecule has 1 aliphatic carbocycles. The maximum absolute atomic E-state index is 2.53. The molecule has 0 saturated heterocycles. The molecule has 9 aromatic rings. The predicted octanol–water partition coefficient (Wildman–Crippen LogP) is 16.1. The number of nitrogens with zero attached hydrogens (tertiary/aromatic N) is 2. The molecule has 2 heteroatoms. The van der Waals surface area contributed by atoms with Crippen molar-refractivity contribution >= 4 is 44.9 Å². The van der Waals surface area contributed by atoms with Gasteiger partial charge in [0.1, 0.15) is 0 Å². The maximum Gasteiger partial charge on any atom is 0.0618 e. The molecular formula is C58H46N2. The lowest BCUT2D eigenvalue weighted by molar-refractivity contribution is 0.632. The Labute approximate surface area is 353 Å². The van der Waals surface area contributed by atoms with Gasteiger partial charge in [-0.05, 0) is 110 Å². The highest BCUT2D eigenvalue weighted by atomic mass is 15.2. The van der Waals surface area contributed by atoms with E-state index in [1.165, 1.54) is 83.5 Å². The van der Waals surface area contributed by atoms with Gasteiger partial charge in [0.05, 0.1) is 17.1 Å². The van der Waals surface area contributed by atoms with Crippen molar-refractivity contribution in [3.8, 4) is 33.4 Å². The largest absolute Gasteiger partial charge is 0.310 e. The Morgan fingerprint density at radius 2 is 0.917 bits per heavy atom. The third-order valence-electron chi connectivity index (χ3n) is 13.2. The van der Waals surface area contributed by atoms with Gasteiger partial charge in [0.15, 0.2) is 0 Å². The molecule has 0 unspecified atom stereocenters. The number of para-hydroxylation sites is 2. The first-order chi connectivity index (χ1) is 29.3. The lowest BCUT2D eigenvalue weighted by Crippen LogP contribution is -2.31. The normalized spacial score (nSPS) is 14.2. The highest BCUT2D eigenvalue weighted by Crippen LogP contribution is 2.56.